The maximum Gasteiger partial charge on any atom is 0.251 e. The standard InChI is InChI=1S/C21H21N3O/c25-21(19-8-4-7-16-11-22-10-9-18(16)19)24-13-17-12-23-14-20(17)15-5-2-1-3-6-15/h1-11,17,20,23H,12-14H2,(H,24,25)/t17-,20-/m1/s1. The molecule has 1 amide bonds. The summed E-state index contributed by atoms with van der Waals surface area (Å²) in [6.07, 6.45) is 3.52. The molecule has 4 rings (SSSR count). The van der Waals surface area contributed by atoms with Gasteiger partial charge in [0.15, 0.2) is 0 Å². The lowest BCUT2D eigenvalue weighted by atomic mass is 9.89. The van der Waals surface area contributed by atoms with Gasteiger partial charge in [0.25, 0.3) is 5.91 Å². The summed E-state index contributed by atoms with van der Waals surface area (Å²) >= 11 is 0. The van der Waals surface area contributed by atoms with Crippen LogP contribution in [0.4, 0.5) is 0 Å². The van der Waals surface area contributed by atoms with E-state index in [4.69, 9.17) is 0 Å². The van der Waals surface area contributed by atoms with Crippen LogP contribution in [0.5, 0.6) is 0 Å². The number of fused-ring (bicyclic) bond motifs is 1. The molecule has 25 heavy (non-hydrogen) atoms. The fourth-order valence-corrected chi connectivity index (χ4v) is 3.68. The number of carbonyl (C=O) groups is 1. The van der Waals surface area contributed by atoms with Gasteiger partial charge in [-0.1, -0.05) is 42.5 Å². The van der Waals surface area contributed by atoms with Gasteiger partial charge < -0.3 is 10.6 Å². The van der Waals surface area contributed by atoms with Gasteiger partial charge >= 0.3 is 0 Å². The number of hydrogen-bond acceptors (Lipinski definition) is 3. The average Bonchev–Trinajstić information content (AvgIpc) is 3.15. The lowest BCUT2D eigenvalue weighted by Gasteiger charge is -2.19. The van der Waals surface area contributed by atoms with Crippen LogP contribution >= 0.6 is 0 Å². The van der Waals surface area contributed by atoms with Crippen molar-refractivity contribution < 1.29 is 4.79 Å². The molecule has 126 valence electrons. The Morgan fingerprint density at radius 2 is 1.96 bits per heavy atom. The summed E-state index contributed by atoms with van der Waals surface area (Å²) in [6, 6.07) is 18.2. The summed E-state index contributed by atoms with van der Waals surface area (Å²) in [5, 5.41) is 8.52. The van der Waals surface area contributed by atoms with E-state index in [0.29, 0.717) is 23.9 Å². The predicted octanol–water partition coefficient (Wildman–Crippen LogP) is 2.97. The van der Waals surface area contributed by atoms with Gasteiger partial charge in [-0.2, -0.15) is 0 Å². The van der Waals surface area contributed by atoms with Crippen molar-refractivity contribution >= 4 is 16.7 Å². The van der Waals surface area contributed by atoms with Gasteiger partial charge in [0, 0.05) is 48.9 Å². The van der Waals surface area contributed by atoms with Gasteiger partial charge in [0.2, 0.25) is 0 Å². The van der Waals surface area contributed by atoms with Crippen molar-refractivity contribution in [3.05, 3.63) is 78.1 Å². The summed E-state index contributed by atoms with van der Waals surface area (Å²) in [5.41, 5.74) is 2.05. The maximum absolute atomic E-state index is 12.7. The molecule has 0 spiro atoms. The number of carbonyl (C=O) groups excluding carboxylic acids is 1. The summed E-state index contributed by atoms with van der Waals surface area (Å²) in [7, 11) is 0. The number of benzene rings is 2. The van der Waals surface area contributed by atoms with Crippen molar-refractivity contribution in [2.24, 2.45) is 5.92 Å². The van der Waals surface area contributed by atoms with Crippen LogP contribution in [0.15, 0.2) is 67.0 Å². The van der Waals surface area contributed by atoms with E-state index in [9.17, 15) is 4.79 Å². The van der Waals surface area contributed by atoms with Crippen molar-refractivity contribution in [3.8, 4) is 0 Å². The zero-order valence-electron chi connectivity index (χ0n) is 14.0. The molecule has 4 nitrogen and oxygen atoms in total. The minimum Gasteiger partial charge on any atom is -0.352 e. The summed E-state index contributed by atoms with van der Waals surface area (Å²) in [6.45, 7) is 2.57. The van der Waals surface area contributed by atoms with Crippen LogP contribution in [0.25, 0.3) is 10.8 Å². The highest BCUT2D eigenvalue weighted by atomic mass is 16.1. The van der Waals surface area contributed by atoms with E-state index in [-0.39, 0.29) is 5.91 Å². The van der Waals surface area contributed by atoms with Gasteiger partial charge in [-0.25, -0.2) is 0 Å². The third-order valence-corrected chi connectivity index (χ3v) is 5.02. The summed E-state index contributed by atoms with van der Waals surface area (Å²) in [4.78, 5) is 16.8. The van der Waals surface area contributed by atoms with E-state index in [1.54, 1.807) is 12.4 Å². The van der Waals surface area contributed by atoms with E-state index in [1.807, 2.05) is 30.3 Å². The molecule has 3 aromatic rings. The first-order valence-corrected chi connectivity index (χ1v) is 8.69. The SMILES string of the molecule is O=C(NC[C@H]1CNC[C@@H]1c1ccccc1)c1cccc2cnccc12. The molecule has 1 saturated heterocycles. The monoisotopic (exact) mass is 331 g/mol. The van der Waals surface area contributed by atoms with Gasteiger partial charge in [0.1, 0.15) is 0 Å². The molecule has 2 atom stereocenters. The largest absolute Gasteiger partial charge is 0.352 e. The minimum atomic E-state index is -0.0180. The molecule has 0 unspecified atom stereocenters. The second-order valence-electron chi connectivity index (χ2n) is 6.55. The zero-order chi connectivity index (χ0) is 17.1. The Morgan fingerprint density at radius 1 is 1.08 bits per heavy atom. The molecule has 1 aromatic heterocycles. The molecule has 1 fully saturated rings. The molecule has 0 radical (unpaired) electrons. The Bertz CT molecular complexity index is 873. The molecule has 1 aliphatic heterocycles. The second-order valence-corrected chi connectivity index (χ2v) is 6.55. The van der Waals surface area contributed by atoms with Crippen molar-refractivity contribution in [3.63, 3.8) is 0 Å². The van der Waals surface area contributed by atoms with Gasteiger partial charge in [-0.15, -0.1) is 0 Å². The fourth-order valence-electron chi connectivity index (χ4n) is 3.68. The molecule has 2 N–H and O–H groups in total. The number of pyridine rings is 1. The fraction of sp³-hybridized carbons (Fsp3) is 0.238. The molecule has 2 aromatic carbocycles. The Morgan fingerprint density at radius 3 is 2.84 bits per heavy atom. The number of aromatic nitrogens is 1. The molecule has 2 heterocycles. The first-order valence-electron chi connectivity index (χ1n) is 8.69. The van der Waals surface area contributed by atoms with Crippen LogP contribution in [-0.4, -0.2) is 30.5 Å². The Kier molecular flexibility index (Phi) is 4.44. The number of hydrogen-bond donors (Lipinski definition) is 2. The molecule has 4 heteroatoms. The number of amides is 1. The average molecular weight is 331 g/mol. The lowest BCUT2D eigenvalue weighted by molar-refractivity contribution is 0.0949. The molecule has 1 aliphatic rings. The number of nitrogens with one attached hydrogen (secondary N) is 2. The van der Waals surface area contributed by atoms with Gasteiger partial charge in [0.05, 0.1) is 0 Å². The highest BCUT2D eigenvalue weighted by Crippen LogP contribution is 2.27. The number of rotatable bonds is 4. The van der Waals surface area contributed by atoms with Crippen molar-refractivity contribution in [2.45, 2.75) is 5.92 Å². The van der Waals surface area contributed by atoms with E-state index in [1.165, 1.54) is 5.56 Å². The quantitative estimate of drug-likeness (QED) is 0.773. The first-order chi connectivity index (χ1) is 12.3. The molecular weight excluding hydrogens is 310 g/mol. The Balaban J connectivity index is 1.48. The zero-order valence-corrected chi connectivity index (χ0v) is 14.0. The van der Waals surface area contributed by atoms with Crippen LogP contribution in [0.1, 0.15) is 21.8 Å². The van der Waals surface area contributed by atoms with E-state index in [0.717, 1.165) is 23.9 Å². The molecule has 0 saturated carbocycles. The minimum absolute atomic E-state index is 0.0180. The first kappa shape index (κ1) is 15.8. The van der Waals surface area contributed by atoms with E-state index >= 15 is 0 Å². The highest BCUT2D eigenvalue weighted by molar-refractivity contribution is 6.06. The van der Waals surface area contributed by atoms with Crippen molar-refractivity contribution in [1.29, 1.82) is 0 Å². The van der Waals surface area contributed by atoms with Crippen molar-refractivity contribution in [2.75, 3.05) is 19.6 Å². The number of nitrogens with zero attached hydrogens (tertiary/aromatic N) is 1. The van der Waals surface area contributed by atoms with E-state index in [2.05, 4.69) is 39.9 Å². The maximum atomic E-state index is 12.7. The Labute approximate surface area is 147 Å². The summed E-state index contributed by atoms with van der Waals surface area (Å²) < 4.78 is 0. The van der Waals surface area contributed by atoms with E-state index < -0.39 is 0 Å². The lowest BCUT2D eigenvalue weighted by Crippen LogP contribution is -2.32. The van der Waals surface area contributed by atoms with Crippen molar-refractivity contribution in [1.82, 2.24) is 15.6 Å². The smallest absolute Gasteiger partial charge is 0.251 e. The summed E-state index contributed by atoms with van der Waals surface area (Å²) in [5.74, 6) is 0.830. The van der Waals surface area contributed by atoms with Crippen LogP contribution in [0.3, 0.4) is 0 Å². The Hall–Kier alpha value is -2.72. The normalized spacial score (nSPS) is 19.8. The third kappa shape index (κ3) is 3.26. The molecule has 0 bridgehead atoms. The topological polar surface area (TPSA) is 54.0 Å². The van der Waals surface area contributed by atoms with Gasteiger partial charge in [-0.05, 0) is 29.0 Å². The predicted molar refractivity (Wildman–Crippen MR) is 99.6 cm³/mol. The molecule has 0 aliphatic carbocycles. The highest BCUT2D eigenvalue weighted by Gasteiger charge is 2.28. The van der Waals surface area contributed by atoms with Crippen LogP contribution in [0.2, 0.25) is 0 Å². The second kappa shape index (κ2) is 7.03. The van der Waals surface area contributed by atoms with Crippen LogP contribution in [0, 0.1) is 5.92 Å². The third-order valence-electron chi connectivity index (χ3n) is 5.02. The van der Waals surface area contributed by atoms with Crippen LogP contribution < -0.4 is 10.6 Å². The molecular formula is C21H21N3O. The van der Waals surface area contributed by atoms with Crippen LogP contribution in [-0.2, 0) is 0 Å². The van der Waals surface area contributed by atoms with Gasteiger partial charge in [-0.3, -0.25) is 9.78 Å².